The second-order valence-electron chi connectivity index (χ2n) is 7.26. The number of esters is 1. The van der Waals surface area contributed by atoms with Gasteiger partial charge in [0.2, 0.25) is 11.8 Å². The van der Waals surface area contributed by atoms with E-state index >= 15 is 0 Å². The van der Waals surface area contributed by atoms with Gasteiger partial charge in [0.1, 0.15) is 5.75 Å². The molecule has 1 saturated heterocycles. The molecule has 0 spiro atoms. The Bertz CT molecular complexity index is 934. The zero-order valence-electron chi connectivity index (χ0n) is 14.4. The van der Waals surface area contributed by atoms with Crippen molar-refractivity contribution < 1.29 is 19.1 Å². The summed E-state index contributed by atoms with van der Waals surface area (Å²) in [5.41, 5.74) is 0.987. The van der Waals surface area contributed by atoms with Gasteiger partial charge >= 0.3 is 5.97 Å². The summed E-state index contributed by atoms with van der Waals surface area (Å²) in [5, 5.41) is 0. The highest BCUT2D eigenvalue weighted by Crippen LogP contribution is 2.53. The molecule has 0 aromatic heterocycles. The second-order valence-corrected chi connectivity index (χ2v) is 7.26. The van der Waals surface area contributed by atoms with E-state index in [1.165, 1.54) is 4.90 Å². The lowest BCUT2D eigenvalue weighted by Gasteiger charge is -2.17. The van der Waals surface area contributed by atoms with Crippen molar-refractivity contribution in [1.82, 2.24) is 0 Å². The summed E-state index contributed by atoms with van der Waals surface area (Å²) in [7, 11) is 0. The number of nitrogens with zero attached hydrogens (tertiary/aromatic N) is 1. The molecule has 27 heavy (non-hydrogen) atoms. The average molecular weight is 359 g/mol. The molecule has 2 amide bonds. The van der Waals surface area contributed by atoms with Gasteiger partial charge in [-0.2, -0.15) is 0 Å². The Hall–Kier alpha value is -3.21. The molecule has 2 aliphatic carbocycles. The van der Waals surface area contributed by atoms with E-state index in [1.807, 2.05) is 6.07 Å². The quantitative estimate of drug-likeness (QED) is 0.365. The van der Waals surface area contributed by atoms with Gasteiger partial charge in [-0.1, -0.05) is 30.4 Å². The fraction of sp³-hybridized carbons (Fsp3) is 0.227. The molecule has 2 aromatic rings. The van der Waals surface area contributed by atoms with Gasteiger partial charge in [-0.3, -0.25) is 14.5 Å². The molecule has 4 atom stereocenters. The largest absolute Gasteiger partial charge is 0.423 e. The number of allylic oxidation sites excluding steroid dienone is 2. The second kappa shape index (κ2) is 5.91. The molecule has 1 heterocycles. The standard InChI is InChI=1S/C22H17NO4/c24-20-18-14-6-7-15(12-14)19(18)21(25)23(20)16-8-10-17(11-9-16)27-22(26)13-4-2-1-3-5-13/h1-11,14-15,18-19H,12H2/t14-,15-,18+,19+/m1/s1. The van der Waals surface area contributed by atoms with E-state index in [9.17, 15) is 14.4 Å². The number of fused-ring (bicyclic) bond motifs is 5. The number of carbonyl (C=O) groups is 3. The van der Waals surface area contributed by atoms with E-state index in [-0.39, 0.29) is 35.5 Å². The van der Waals surface area contributed by atoms with Gasteiger partial charge in [-0.05, 0) is 54.7 Å². The summed E-state index contributed by atoms with van der Waals surface area (Å²) in [6.07, 6.45) is 5.06. The summed E-state index contributed by atoms with van der Waals surface area (Å²) < 4.78 is 5.35. The molecular weight excluding hydrogens is 342 g/mol. The molecule has 5 nitrogen and oxygen atoms in total. The third kappa shape index (κ3) is 2.42. The Morgan fingerprint density at radius 3 is 2.04 bits per heavy atom. The first kappa shape index (κ1) is 16.0. The molecule has 134 valence electrons. The molecule has 2 fully saturated rings. The number of rotatable bonds is 3. The number of carbonyl (C=O) groups excluding carboxylic acids is 3. The van der Waals surface area contributed by atoms with Crippen LogP contribution in [0.4, 0.5) is 5.69 Å². The van der Waals surface area contributed by atoms with Crippen molar-refractivity contribution in [2.75, 3.05) is 4.90 Å². The summed E-state index contributed by atoms with van der Waals surface area (Å²) in [4.78, 5) is 39.1. The lowest BCUT2D eigenvalue weighted by Crippen LogP contribution is -2.32. The number of benzene rings is 2. The van der Waals surface area contributed by atoms with Crippen LogP contribution in [-0.2, 0) is 9.59 Å². The van der Waals surface area contributed by atoms with Crippen LogP contribution >= 0.6 is 0 Å². The minimum absolute atomic E-state index is 0.115. The van der Waals surface area contributed by atoms with E-state index in [2.05, 4.69) is 12.2 Å². The third-order valence-electron chi connectivity index (χ3n) is 5.79. The van der Waals surface area contributed by atoms with Crippen molar-refractivity contribution in [2.45, 2.75) is 6.42 Å². The van der Waals surface area contributed by atoms with Crippen molar-refractivity contribution in [3.63, 3.8) is 0 Å². The van der Waals surface area contributed by atoms with Crippen LogP contribution in [-0.4, -0.2) is 17.8 Å². The summed E-state index contributed by atoms with van der Waals surface area (Å²) in [6, 6.07) is 15.2. The SMILES string of the molecule is O=C(Oc1ccc(N2C(=O)[C@@H]3[C@@H](C2=O)[C@@H]2C=C[C@@H]3C2)cc1)c1ccccc1. The highest BCUT2D eigenvalue weighted by atomic mass is 16.5. The maximum atomic E-state index is 12.8. The molecule has 0 radical (unpaired) electrons. The van der Waals surface area contributed by atoms with Gasteiger partial charge in [0.05, 0.1) is 23.1 Å². The van der Waals surface area contributed by atoms with Gasteiger partial charge in [0.25, 0.3) is 0 Å². The van der Waals surface area contributed by atoms with Crippen LogP contribution in [0.3, 0.4) is 0 Å². The van der Waals surface area contributed by atoms with Crippen molar-refractivity contribution >= 4 is 23.5 Å². The summed E-state index contributed by atoms with van der Waals surface area (Å²) >= 11 is 0. The first-order chi connectivity index (χ1) is 13.1. The predicted octanol–water partition coefficient (Wildman–Crippen LogP) is 3.22. The summed E-state index contributed by atoms with van der Waals surface area (Å²) in [5.74, 6) is -0.375. The molecule has 5 rings (SSSR count). The maximum absolute atomic E-state index is 12.8. The van der Waals surface area contributed by atoms with E-state index < -0.39 is 5.97 Å². The van der Waals surface area contributed by atoms with Crippen LogP contribution in [0.25, 0.3) is 0 Å². The number of hydrogen-bond donors (Lipinski definition) is 0. The zero-order chi connectivity index (χ0) is 18.5. The number of ether oxygens (including phenoxy) is 1. The lowest BCUT2D eigenvalue weighted by molar-refractivity contribution is -0.123. The summed E-state index contributed by atoms with van der Waals surface area (Å²) in [6.45, 7) is 0. The smallest absolute Gasteiger partial charge is 0.343 e. The first-order valence-electron chi connectivity index (χ1n) is 9.07. The molecule has 0 N–H and O–H groups in total. The van der Waals surface area contributed by atoms with Crippen LogP contribution < -0.4 is 9.64 Å². The van der Waals surface area contributed by atoms with Crippen molar-refractivity contribution in [2.24, 2.45) is 23.7 Å². The molecular formula is C22H17NO4. The van der Waals surface area contributed by atoms with E-state index in [4.69, 9.17) is 4.74 Å². The number of anilines is 1. The minimum Gasteiger partial charge on any atom is -0.423 e. The van der Waals surface area contributed by atoms with Gasteiger partial charge in [0.15, 0.2) is 0 Å². The highest BCUT2D eigenvalue weighted by Gasteiger charge is 2.59. The third-order valence-corrected chi connectivity index (χ3v) is 5.79. The van der Waals surface area contributed by atoms with Crippen molar-refractivity contribution in [1.29, 1.82) is 0 Å². The van der Waals surface area contributed by atoms with Gasteiger partial charge in [-0.25, -0.2) is 4.79 Å². The number of imide groups is 1. The van der Waals surface area contributed by atoms with Gasteiger partial charge in [-0.15, -0.1) is 0 Å². The van der Waals surface area contributed by atoms with Gasteiger partial charge < -0.3 is 4.74 Å². The van der Waals surface area contributed by atoms with Crippen LogP contribution in [0.1, 0.15) is 16.8 Å². The molecule has 5 heteroatoms. The lowest BCUT2D eigenvalue weighted by atomic mass is 9.85. The highest BCUT2D eigenvalue weighted by molar-refractivity contribution is 6.22. The molecule has 1 aliphatic heterocycles. The Balaban J connectivity index is 1.35. The monoisotopic (exact) mass is 359 g/mol. The minimum atomic E-state index is -0.450. The molecule has 0 unspecified atom stereocenters. The fourth-order valence-electron chi connectivity index (χ4n) is 4.56. The van der Waals surface area contributed by atoms with Crippen LogP contribution in [0.15, 0.2) is 66.7 Å². The van der Waals surface area contributed by atoms with Crippen LogP contribution in [0.5, 0.6) is 5.75 Å². The average Bonchev–Trinajstić information content (AvgIpc) is 3.37. The van der Waals surface area contributed by atoms with Gasteiger partial charge in [0, 0.05) is 0 Å². The normalized spacial score (nSPS) is 27.9. The number of amides is 2. The van der Waals surface area contributed by atoms with Crippen LogP contribution in [0.2, 0.25) is 0 Å². The predicted molar refractivity (Wildman–Crippen MR) is 98.1 cm³/mol. The Morgan fingerprint density at radius 2 is 1.44 bits per heavy atom. The topological polar surface area (TPSA) is 63.7 Å². The number of hydrogen-bond acceptors (Lipinski definition) is 4. The Labute approximate surface area is 156 Å². The Morgan fingerprint density at radius 1 is 0.852 bits per heavy atom. The maximum Gasteiger partial charge on any atom is 0.343 e. The molecule has 2 aromatic carbocycles. The Kier molecular flexibility index (Phi) is 3.50. The fourth-order valence-corrected chi connectivity index (χ4v) is 4.56. The van der Waals surface area contributed by atoms with Crippen molar-refractivity contribution in [3.8, 4) is 5.75 Å². The van der Waals surface area contributed by atoms with Crippen molar-refractivity contribution in [3.05, 3.63) is 72.3 Å². The van der Waals surface area contributed by atoms with E-state index in [0.29, 0.717) is 17.0 Å². The molecule has 2 bridgehead atoms. The zero-order valence-corrected chi connectivity index (χ0v) is 14.4. The molecule has 3 aliphatic rings. The molecule has 1 saturated carbocycles. The van der Waals surface area contributed by atoms with Crippen LogP contribution in [0, 0.1) is 23.7 Å². The van der Waals surface area contributed by atoms with E-state index in [1.54, 1.807) is 48.5 Å². The van der Waals surface area contributed by atoms with E-state index in [0.717, 1.165) is 6.42 Å². The first-order valence-corrected chi connectivity index (χ1v) is 9.07.